The minimum absolute atomic E-state index is 0.136. The summed E-state index contributed by atoms with van der Waals surface area (Å²) in [4.78, 5) is 4.85. The molecule has 5 heteroatoms. The van der Waals surface area contributed by atoms with E-state index in [1.165, 1.54) is 5.56 Å². The van der Waals surface area contributed by atoms with Gasteiger partial charge in [-0.3, -0.25) is 4.90 Å². The van der Waals surface area contributed by atoms with E-state index in [-0.39, 0.29) is 5.60 Å². The average molecular weight is 322 g/mol. The highest BCUT2D eigenvalue weighted by Gasteiger charge is 2.43. The Morgan fingerprint density at radius 3 is 3.04 bits per heavy atom. The first-order valence-corrected chi connectivity index (χ1v) is 8.72. The summed E-state index contributed by atoms with van der Waals surface area (Å²) in [5, 5.41) is 0. The summed E-state index contributed by atoms with van der Waals surface area (Å²) in [6.45, 7) is 10.7. The summed E-state index contributed by atoms with van der Waals surface area (Å²) < 4.78 is 17.4. The van der Waals surface area contributed by atoms with Crippen LogP contribution in [0.15, 0.2) is 23.0 Å². The van der Waals surface area contributed by atoms with Crippen LogP contribution in [0.3, 0.4) is 0 Å². The number of hydrogen-bond donors (Lipinski definition) is 0. The Morgan fingerprint density at radius 1 is 1.43 bits per heavy atom. The van der Waals surface area contributed by atoms with Crippen molar-refractivity contribution in [2.24, 2.45) is 5.92 Å². The fourth-order valence-electron chi connectivity index (χ4n) is 3.64. The molecule has 130 valence electrons. The van der Waals surface area contributed by atoms with E-state index in [0.29, 0.717) is 12.0 Å². The molecule has 0 bridgehead atoms. The first-order valence-electron chi connectivity index (χ1n) is 8.72. The molecule has 2 fully saturated rings. The van der Waals surface area contributed by atoms with E-state index in [0.717, 1.165) is 52.4 Å². The van der Waals surface area contributed by atoms with Crippen LogP contribution in [0.5, 0.6) is 0 Å². The van der Waals surface area contributed by atoms with Crippen LogP contribution in [0.1, 0.15) is 25.8 Å². The third-order valence-electron chi connectivity index (χ3n) is 5.13. The number of hydrogen-bond acceptors (Lipinski definition) is 5. The Kier molecular flexibility index (Phi) is 5.42. The Bertz CT molecular complexity index is 477. The molecule has 3 heterocycles. The van der Waals surface area contributed by atoms with Gasteiger partial charge in [-0.1, -0.05) is 0 Å². The molecule has 0 saturated carbocycles. The van der Waals surface area contributed by atoms with Gasteiger partial charge >= 0.3 is 0 Å². The molecule has 0 aromatic carbocycles. The summed E-state index contributed by atoms with van der Waals surface area (Å²) in [7, 11) is 2.20. The van der Waals surface area contributed by atoms with Crippen molar-refractivity contribution in [2.75, 3.05) is 46.5 Å². The van der Waals surface area contributed by atoms with E-state index in [9.17, 15) is 0 Å². The average Bonchev–Trinajstić information content (AvgIpc) is 3.09. The van der Waals surface area contributed by atoms with E-state index in [4.69, 9.17) is 13.9 Å². The molecule has 0 N–H and O–H groups in total. The van der Waals surface area contributed by atoms with Crippen LogP contribution in [0.25, 0.3) is 0 Å². The quantitative estimate of drug-likeness (QED) is 0.831. The van der Waals surface area contributed by atoms with Gasteiger partial charge in [0, 0.05) is 37.8 Å². The molecule has 2 aliphatic rings. The predicted octanol–water partition coefficient (Wildman–Crippen LogP) is 2.23. The summed E-state index contributed by atoms with van der Waals surface area (Å²) in [6.07, 6.45) is 4.66. The Morgan fingerprint density at radius 2 is 2.30 bits per heavy atom. The third kappa shape index (κ3) is 4.35. The fraction of sp³-hybridized carbons (Fsp3) is 0.778. The highest BCUT2D eigenvalue weighted by Crippen LogP contribution is 2.33. The van der Waals surface area contributed by atoms with Crippen LogP contribution >= 0.6 is 0 Å². The van der Waals surface area contributed by atoms with Gasteiger partial charge in [-0.15, -0.1) is 0 Å². The highest BCUT2D eigenvalue weighted by atomic mass is 16.5. The van der Waals surface area contributed by atoms with Crippen molar-refractivity contribution in [3.63, 3.8) is 0 Å². The van der Waals surface area contributed by atoms with Gasteiger partial charge in [-0.2, -0.15) is 0 Å². The van der Waals surface area contributed by atoms with Crippen LogP contribution in [0.4, 0.5) is 0 Å². The molecule has 2 saturated heterocycles. The molecule has 1 spiro atoms. The standard InChI is InChI=1S/C18H30N2O3/c1-15(2)19(3)9-17-8-18(23-12-17)13-20(5-7-22-14-18)10-16-4-6-21-11-16/h4,6,11,15,17H,5,7-10,12-14H2,1-3H3/t17-,18-/m1/s1. The maximum absolute atomic E-state index is 6.29. The molecule has 0 unspecified atom stereocenters. The predicted molar refractivity (Wildman–Crippen MR) is 89.4 cm³/mol. The molecule has 1 aromatic heterocycles. The van der Waals surface area contributed by atoms with E-state index in [1.807, 2.05) is 12.3 Å². The zero-order valence-corrected chi connectivity index (χ0v) is 14.7. The van der Waals surface area contributed by atoms with Gasteiger partial charge in [0.25, 0.3) is 0 Å². The minimum atomic E-state index is -0.136. The second-order valence-electron chi connectivity index (χ2n) is 7.49. The van der Waals surface area contributed by atoms with Crippen molar-refractivity contribution in [1.82, 2.24) is 9.80 Å². The Hall–Kier alpha value is -0.880. The van der Waals surface area contributed by atoms with E-state index in [2.05, 4.69) is 30.7 Å². The molecule has 0 radical (unpaired) electrons. The normalized spacial score (nSPS) is 29.7. The van der Waals surface area contributed by atoms with Gasteiger partial charge in [0.05, 0.1) is 32.3 Å². The zero-order valence-electron chi connectivity index (χ0n) is 14.7. The monoisotopic (exact) mass is 322 g/mol. The van der Waals surface area contributed by atoms with Crippen molar-refractivity contribution < 1.29 is 13.9 Å². The highest BCUT2D eigenvalue weighted by molar-refractivity contribution is 5.06. The van der Waals surface area contributed by atoms with Gasteiger partial charge < -0.3 is 18.8 Å². The van der Waals surface area contributed by atoms with Crippen LogP contribution in [0.2, 0.25) is 0 Å². The lowest BCUT2D eigenvalue weighted by atomic mass is 9.93. The van der Waals surface area contributed by atoms with Gasteiger partial charge in [0.15, 0.2) is 0 Å². The molecule has 1 aromatic rings. The smallest absolute Gasteiger partial charge is 0.104 e. The molecular formula is C18H30N2O3. The van der Waals surface area contributed by atoms with Crippen LogP contribution in [0, 0.1) is 5.92 Å². The summed E-state index contributed by atoms with van der Waals surface area (Å²) in [5.41, 5.74) is 1.08. The topological polar surface area (TPSA) is 38.1 Å². The van der Waals surface area contributed by atoms with Gasteiger partial charge in [0.1, 0.15) is 5.60 Å². The number of nitrogens with zero attached hydrogens (tertiary/aromatic N) is 2. The third-order valence-corrected chi connectivity index (χ3v) is 5.13. The van der Waals surface area contributed by atoms with Gasteiger partial charge in [-0.05, 0) is 39.3 Å². The summed E-state index contributed by atoms with van der Waals surface area (Å²) in [6, 6.07) is 2.61. The van der Waals surface area contributed by atoms with Crippen LogP contribution in [-0.2, 0) is 16.0 Å². The Labute approximate surface area is 139 Å². The number of ether oxygens (including phenoxy) is 2. The van der Waals surface area contributed by atoms with Gasteiger partial charge in [-0.25, -0.2) is 0 Å². The first kappa shape index (κ1) is 17.0. The zero-order chi connectivity index (χ0) is 16.3. The van der Waals surface area contributed by atoms with Crippen molar-refractivity contribution in [1.29, 1.82) is 0 Å². The SMILES string of the molecule is CC(C)N(C)C[C@@H]1CO[C@]2(COCCN(Cc3ccoc3)C2)C1. The number of rotatable bonds is 5. The Balaban J connectivity index is 1.59. The van der Waals surface area contributed by atoms with Crippen LogP contribution < -0.4 is 0 Å². The minimum Gasteiger partial charge on any atom is -0.472 e. The largest absolute Gasteiger partial charge is 0.472 e. The molecule has 5 nitrogen and oxygen atoms in total. The second kappa shape index (κ2) is 7.34. The molecule has 3 rings (SSSR count). The lowest BCUT2D eigenvalue weighted by Gasteiger charge is -2.31. The van der Waals surface area contributed by atoms with Crippen molar-refractivity contribution in [3.05, 3.63) is 24.2 Å². The molecule has 2 aliphatic heterocycles. The maximum atomic E-state index is 6.29. The van der Waals surface area contributed by atoms with Crippen molar-refractivity contribution >= 4 is 0 Å². The molecule has 0 amide bonds. The molecular weight excluding hydrogens is 292 g/mol. The van der Waals surface area contributed by atoms with Crippen molar-refractivity contribution in [2.45, 2.75) is 38.5 Å². The molecule has 0 aliphatic carbocycles. The van der Waals surface area contributed by atoms with Crippen LogP contribution in [-0.4, -0.2) is 67.9 Å². The maximum Gasteiger partial charge on any atom is 0.104 e. The fourth-order valence-corrected chi connectivity index (χ4v) is 3.64. The lowest BCUT2D eigenvalue weighted by Crippen LogP contribution is -2.44. The summed E-state index contributed by atoms with van der Waals surface area (Å²) in [5.74, 6) is 0.597. The van der Waals surface area contributed by atoms with E-state index >= 15 is 0 Å². The lowest BCUT2D eigenvalue weighted by molar-refractivity contribution is -0.0563. The van der Waals surface area contributed by atoms with Crippen molar-refractivity contribution in [3.8, 4) is 0 Å². The van der Waals surface area contributed by atoms with E-state index in [1.54, 1.807) is 6.26 Å². The van der Waals surface area contributed by atoms with E-state index < -0.39 is 0 Å². The molecule has 23 heavy (non-hydrogen) atoms. The first-order chi connectivity index (χ1) is 11.1. The molecule has 2 atom stereocenters. The van der Waals surface area contributed by atoms with Gasteiger partial charge in [0.2, 0.25) is 0 Å². The second-order valence-corrected chi connectivity index (χ2v) is 7.49. The number of furan rings is 1. The summed E-state index contributed by atoms with van der Waals surface area (Å²) >= 11 is 0.